The molecule has 0 radical (unpaired) electrons. The third kappa shape index (κ3) is 4.54. The van der Waals surface area contributed by atoms with Gasteiger partial charge in [-0.25, -0.2) is 4.79 Å². The third-order valence-corrected chi connectivity index (χ3v) is 6.99. The second-order valence-corrected chi connectivity index (χ2v) is 8.93. The molecule has 0 aromatic heterocycles. The number of amides is 4. The Morgan fingerprint density at radius 2 is 1.59 bits per heavy atom. The predicted octanol–water partition coefficient (Wildman–Crippen LogP) is 3.83. The van der Waals surface area contributed by atoms with E-state index < -0.39 is 11.6 Å². The van der Waals surface area contributed by atoms with E-state index in [9.17, 15) is 14.4 Å². The molecule has 2 N–H and O–H groups in total. The lowest BCUT2D eigenvalue weighted by Crippen LogP contribution is -2.50. The number of hydrogen-bond acceptors (Lipinski definition) is 3. The quantitative estimate of drug-likeness (QED) is 0.652. The van der Waals surface area contributed by atoms with Crippen LogP contribution in [-0.4, -0.2) is 41.4 Å². The van der Waals surface area contributed by atoms with Gasteiger partial charge < -0.3 is 10.6 Å². The van der Waals surface area contributed by atoms with Crippen LogP contribution in [0.25, 0.3) is 0 Å². The van der Waals surface area contributed by atoms with Crippen molar-refractivity contribution < 1.29 is 14.4 Å². The molecule has 1 saturated heterocycles. The molecule has 4 amide bonds. The van der Waals surface area contributed by atoms with E-state index in [4.69, 9.17) is 0 Å². The third-order valence-electron chi connectivity index (χ3n) is 6.99. The van der Waals surface area contributed by atoms with Crippen LogP contribution in [0.3, 0.4) is 0 Å². The molecule has 2 aromatic rings. The highest BCUT2D eigenvalue weighted by atomic mass is 16.2. The van der Waals surface area contributed by atoms with Gasteiger partial charge in [0.2, 0.25) is 5.91 Å². The van der Waals surface area contributed by atoms with Crippen molar-refractivity contribution in [2.75, 3.05) is 13.1 Å². The summed E-state index contributed by atoms with van der Waals surface area (Å²) < 4.78 is 0. The Kier molecular flexibility index (Phi) is 6.58. The second-order valence-electron chi connectivity index (χ2n) is 8.93. The van der Waals surface area contributed by atoms with Crippen molar-refractivity contribution in [2.24, 2.45) is 5.92 Å². The lowest BCUT2D eigenvalue weighted by molar-refractivity contribution is -0.136. The number of carbonyl (C=O) groups excluding carboxylic acids is 3. The maximum absolute atomic E-state index is 13.1. The molecule has 6 heteroatoms. The number of urea groups is 1. The number of nitrogens with one attached hydrogen (secondary N) is 2. The molecule has 1 heterocycles. The van der Waals surface area contributed by atoms with Gasteiger partial charge >= 0.3 is 6.03 Å². The SMILES string of the molecule is CCC1CCC2(CC1)NC(=O)N(CC(=O)NCC(c1ccccc1)c1ccccc1)C2=O. The van der Waals surface area contributed by atoms with Gasteiger partial charge in [-0.2, -0.15) is 0 Å². The molecular formula is C26H31N3O3. The van der Waals surface area contributed by atoms with Gasteiger partial charge in [0, 0.05) is 12.5 Å². The monoisotopic (exact) mass is 433 g/mol. The van der Waals surface area contributed by atoms with E-state index in [0.717, 1.165) is 35.3 Å². The van der Waals surface area contributed by atoms with Crippen LogP contribution in [0.1, 0.15) is 56.1 Å². The van der Waals surface area contributed by atoms with E-state index in [0.29, 0.717) is 25.3 Å². The first-order valence-corrected chi connectivity index (χ1v) is 11.5. The van der Waals surface area contributed by atoms with Crippen LogP contribution in [0.15, 0.2) is 60.7 Å². The van der Waals surface area contributed by atoms with Gasteiger partial charge in [0.15, 0.2) is 0 Å². The lowest BCUT2D eigenvalue weighted by Gasteiger charge is -2.34. The maximum Gasteiger partial charge on any atom is 0.325 e. The fraction of sp³-hybridized carbons (Fsp3) is 0.423. The molecule has 1 saturated carbocycles. The average molecular weight is 434 g/mol. The van der Waals surface area contributed by atoms with E-state index in [-0.39, 0.29) is 24.3 Å². The van der Waals surface area contributed by atoms with E-state index >= 15 is 0 Å². The summed E-state index contributed by atoms with van der Waals surface area (Å²) in [5, 5.41) is 5.84. The Bertz CT molecular complexity index is 913. The number of carbonyl (C=O) groups is 3. The maximum atomic E-state index is 13.1. The summed E-state index contributed by atoms with van der Waals surface area (Å²) in [7, 11) is 0. The molecule has 1 spiro atoms. The largest absolute Gasteiger partial charge is 0.354 e. The van der Waals surface area contributed by atoms with Crippen molar-refractivity contribution in [3.05, 3.63) is 71.8 Å². The summed E-state index contributed by atoms with van der Waals surface area (Å²) in [6.07, 6.45) is 4.25. The number of hydrogen-bond donors (Lipinski definition) is 2. The minimum atomic E-state index is -0.820. The number of benzene rings is 2. The minimum absolute atomic E-state index is 0.0138. The Morgan fingerprint density at radius 3 is 2.12 bits per heavy atom. The Hall–Kier alpha value is -3.15. The fourth-order valence-corrected chi connectivity index (χ4v) is 4.95. The zero-order chi connectivity index (χ0) is 22.6. The molecule has 6 nitrogen and oxygen atoms in total. The van der Waals surface area contributed by atoms with Crippen LogP contribution in [0, 0.1) is 5.92 Å². The molecule has 32 heavy (non-hydrogen) atoms. The fourth-order valence-electron chi connectivity index (χ4n) is 4.95. The first-order valence-electron chi connectivity index (χ1n) is 11.5. The van der Waals surface area contributed by atoms with E-state index in [2.05, 4.69) is 17.6 Å². The average Bonchev–Trinajstić information content (AvgIpc) is 3.05. The second kappa shape index (κ2) is 9.55. The van der Waals surface area contributed by atoms with Crippen molar-refractivity contribution in [1.82, 2.24) is 15.5 Å². The summed E-state index contributed by atoms with van der Waals surface area (Å²) in [4.78, 5) is 39.4. The van der Waals surface area contributed by atoms with Crippen molar-refractivity contribution in [1.29, 1.82) is 0 Å². The van der Waals surface area contributed by atoms with Crippen molar-refractivity contribution in [3.63, 3.8) is 0 Å². The molecule has 4 rings (SSSR count). The zero-order valence-corrected chi connectivity index (χ0v) is 18.5. The molecule has 1 aliphatic carbocycles. The molecular weight excluding hydrogens is 402 g/mol. The first-order chi connectivity index (χ1) is 15.5. The number of rotatable bonds is 7. The highest BCUT2D eigenvalue weighted by Crippen LogP contribution is 2.37. The summed E-state index contributed by atoms with van der Waals surface area (Å²) in [6.45, 7) is 2.30. The molecule has 0 bridgehead atoms. The van der Waals surface area contributed by atoms with Gasteiger partial charge in [-0.15, -0.1) is 0 Å². The van der Waals surface area contributed by atoms with Crippen molar-refractivity contribution >= 4 is 17.8 Å². The summed E-state index contributed by atoms with van der Waals surface area (Å²) in [5.41, 5.74) is 1.38. The van der Waals surface area contributed by atoms with E-state index in [1.54, 1.807) is 0 Å². The van der Waals surface area contributed by atoms with Crippen molar-refractivity contribution in [3.8, 4) is 0 Å². The molecule has 0 unspecified atom stereocenters. The molecule has 2 aromatic carbocycles. The van der Waals surface area contributed by atoms with Crippen LogP contribution in [0.2, 0.25) is 0 Å². The first kappa shape index (κ1) is 22.1. The Labute approximate surface area is 189 Å². The summed E-state index contributed by atoms with van der Waals surface area (Å²) in [5.74, 6) is 0.00947. The van der Waals surface area contributed by atoms with Crippen LogP contribution >= 0.6 is 0 Å². The van der Waals surface area contributed by atoms with Gasteiger partial charge in [0.05, 0.1) is 0 Å². The zero-order valence-electron chi connectivity index (χ0n) is 18.5. The molecule has 2 aliphatic rings. The highest BCUT2D eigenvalue weighted by Gasteiger charge is 2.52. The predicted molar refractivity (Wildman–Crippen MR) is 123 cm³/mol. The van der Waals surface area contributed by atoms with E-state index in [1.165, 1.54) is 0 Å². The van der Waals surface area contributed by atoms with Crippen molar-refractivity contribution in [2.45, 2.75) is 50.5 Å². The van der Waals surface area contributed by atoms with Crippen LogP contribution < -0.4 is 10.6 Å². The Balaban J connectivity index is 1.40. The minimum Gasteiger partial charge on any atom is -0.354 e. The Morgan fingerprint density at radius 1 is 1.03 bits per heavy atom. The van der Waals surface area contributed by atoms with Gasteiger partial charge in [-0.05, 0) is 42.7 Å². The number of nitrogens with zero attached hydrogens (tertiary/aromatic N) is 1. The van der Waals surface area contributed by atoms with Gasteiger partial charge in [0.25, 0.3) is 5.91 Å². The van der Waals surface area contributed by atoms with Gasteiger partial charge in [-0.1, -0.05) is 74.0 Å². The topological polar surface area (TPSA) is 78.5 Å². The normalized spacial score (nSPS) is 22.9. The molecule has 1 aliphatic heterocycles. The summed E-state index contributed by atoms with van der Waals surface area (Å²) in [6, 6.07) is 19.5. The smallest absolute Gasteiger partial charge is 0.325 e. The van der Waals surface area contributed by atoms with Gasteiger partial charge in [-0.3, -0.25) is 14.5 Å². The molecule has 168 valence electrons. The molecule has 2 fully saturated rings. The van der Waals surface area contributed by atoms with Crippen LogP contribution in [0.5, 0.6) is 0 Å². The number of imide groups is 1. The van der Waals surface area contributed by atoms with Gasteiger partial charge in [0.1, 0.15) is 12.1 Å². The van der Waals surface area contributed by atoms with E-state index in [1.807, 2.05) is 60.7 Å². The molecule has 0 atom stereocenters. The standard InChI is InChI=1S/C26H31N3O3/c1-2-19-13-15-26(16-14-19)24(31)29(25(32)28-26)18-23(30)27-17-22(20-9-5-3-6-10-20)21-11-7-4-8-12-21/h3-12,19,22H,2,13-18H2,1H3,(H,27,30)(H,28,32). The summed E-state index contributed by atoms with van der Waals surface area (Å²) >= 11 is 0. The highest BCUT2D eigenvalue weighted by molar-refractivity contribution is 6.09. The van der Waals surface area contributed by atoms with Crippen LogP contribution in [0.4, 0.5) is 4.79 Å². The lowest BCUT2D eigenvalue weighted by atomic mass is 9.75. The van der Waals surface area contributed by atoms with Crippen LogP contribution in [-0.2, 0) is 9.59 Å².